The predicted molar refractivity (Wildman–Crippen MR) is 123 cm³/mol. The van der Waals surface area contributed by atoms with Gasteiger partial charge in [-0.3, -0.25) is 9.59 Å². The minimum atomic E-state index is -0.563. The molecule has 0 aliphatic carbocycles. The van der Waals surface area contributed by atoms with Gasteiger partial charge in [0.1, 0.15) is 6.42 Å². The maximum atomic E-state index is 11.8. The molecule has 1 heterocycles. The Balaban J connectivity index is 1.85. The standard InChI is InChI=1S/C25H29N3O3/c1-4-28-21-14-10-9-13-20(21)25(3,18-19-11-7-6-8-12-19)22(28)15-16-26-27-23(29)17-24(30)31-5-2/h6-16H,4-5,17-18H2,1-3H3,(H,27,29). The van der Waals surface area contributed by atoms with Crippen LogP contribution in [0, 0.1) is 0 Å². The van der Waals surface area contributed by atoms with Gasteiger partial charge in [0.25, 0.3) is 5.91 Å². The van der Waals surface area contributed by atoms with Crippen molar-refractivity contribution >= 4 is 23.8 Å². The second kappa shape index (κ2) is 10.1. The maximum absolute atomic E-state index is 11.8. The predicted octanol–water partition coefficient (Wildman–Crippen LogP) is 3.97. The van der Waals surface area contributed by atoms with Gasteiger partial charge in [0, 0.05) is 29.6 Å². The Morgan fingerprint density at radius 3 is 2.52 bits per heavy atom. The molecule has 2 aromatic rings. The molecule has 0 fully saturated rings. The fourth-order valence-corrected chi connectivity index (χ4v) is 4.15. The van der Waals surface area contributed by atoms with Gasteiger partial charge in [-0.25, -0.2) is 5.43 Å². The highest BCUT2D eigenvalue weighted by Gasteiger charge is 2.42. The molecule has 3 rings (SSSR count). The number of nitrogens with zero attached hydrogens (tertiary/aromatic N) is 2. The summed E-state index contributed by atoms with van der Waals surface area (Å²) in [6.45, 7) is 7.13. The number of rotatable bonds is 8. The van der Waals surface area contributed by atoms with Crippen LogP contribution < -0.4 is 10.3 Å². The number of benzene rings is 2. The number of para-hydroxylation sites is 1. The van der Waals surface area contributed by atoms with Crippen LogP contribution in [0.15, 0.2) is 71.5 Å². The van der Waals surface area contributed by atoms with E-state index >= 15 is 0 Å². The van der Waals surface area contributed by atoms with Gasteiger partial charge in [-0.2, -0.15) is 5.10 Å². The smallest absolute Gasteiger partial charge is 0.315 e. The Bertz CT molecular complexity index is 985. The average Bonchev–Trinajstić information content (AvgIpc) is 2.99. The summed E-state index contributed by atoms with van der Waals surface area (Å²) in [7, 11) is 0. The lowest BCUT2D eigenvalue weighted by Gasteiger charge is -2.30. The molecule has 1 aliphatic rings. The summed E-state index contributed by atoms with van der Waals surface area (Å²) in [5.41, 5.74) is 6.98. The normalized spacial score (nSPS) is 18.9. The molecule has 0 spiro atoms. The van der Waals surface area contributed by atoms with E-state index in [2.05, 4.69) is 77.8 Å². The van der Waals surface area contributed by atoms with E-state index in [0.29, 0.717) is 0 Å². The second-order valence-electron chi connectivity index (χ2n) is 7.60. The number of allylic oxidation sites excluding steroid dienone is 2. The van der Waals surface area contributed by atoms with Crippen molar-refractivity contribution in [3.63, 3.8) is 0 Å². The van der Waals surface area contributed by atoms with Crippen LogP contribution in [0.5, 0.6) is 0 Å². The summed E-state index contributed by atoms with van der Waals surface area (Å²) < 4.78 is 4.78. The van der Waals surface area contributed by atoms with Gasteiger partial charge in [-0.1, -0.05) is 48.5 Å². The summed E-state index contributed by atoms with van der Waals surface area (Å²) in [4.78, 5) is 25.5. The van der Waals surface area contributed by atoms with Gasteiger partial charge in [0.15, 0.2) is 0 Å². The molecule has 6 heteroatoms. The van der Waals surface area contributed by atoms with E-state index in [-0.39, 0.29) is 18.4 Å². The molecule has 2 aromatic carbocycles. The van der Waals surface area contributed by atoms with Gasteiger partial charge >= 0.3 is 5.97 Å². The van der Waals surface area contributed by atoms with E-state index in [1.54, 1.807) is 13.1 Å². The van der Waals surface area contributed by atoms with E-state index in [4.69, 9.17) is 4.74 Å². The Morgan fingerprint density at radius 1 is 1.10 bits per heavy atom. The van der Waals surface area contributed by atoms with Gasteiger partial charge in [-0.15, -0.1) is 0 Å². The van der Waals surface area contributed by atoms with Gasteiger partial charge < -0.3 is 9.64 Å². The number of likely N-dealkylation sites (N-methyl/N-ethyl adjacent to an activating group) is 1. The fourth-order valence-electron chi connectivity index (χ4n) is 4.15. The average molecular weight is 420 g/mol. The lowest BCUT2D eigenvalue weighted by molar-refractivity contribution is -0.145. The number of carbonyl (C=O) groups is 2. The number of amides is 1. The largest absolute Gasteiger partial charge is 0.466 e. The van der Waals surface area contributed by atoms with Crippen molar-refractivity contribution in [1.29, 1.82) is 0 Å². The number of fused-ring (bicyclic) bond motifs is 1. The monoisotopic (exact) mass is 419 g/mol. The van der Waals surface area contributed by atoms with Gasteiger partial charge in [-0.05, 0) is 50.5 Å². The zero-order chi connectivity index (χ0) is 22.3. The Hall–Kier alpha value is -3.41. The van der Waals surface area contributed by atoms with Crippen LogP contribution in [0.25, 0.3) is 0 Å². The first-order valence-corrected chi connectivity index (χ1v) is 10.6. The fraction of sp³-hybridized carbons (Fsp3) is 0.320. The van der Waals surface area contributed by atoms with E-state index in [1.165, 1.54) is 16.8 Å². The number of hydrazone groups is 1. The summed E-state index contributed by atoms with van der Waals surface area (Å²) in [6.07, 6.45) is 4.02. The summed E-state index contributed by atoms with van der Waals surface area (Å²) >= 11 is 0. The molecule has 162 valence electrons. The number of carbonyl (C=O) groups excluding carboxylic acids is 2. The molecule has 1 atom stereocenters. The second-order valence-corrected chi connectivity index (χ2v) is 7.60. The Labute approximate surface area is 183 Å². The minimum absolute atomic E-state index is 0.241. The summed E-state index contributed by atoms with van der Waals surface area (Å²) in [5.74, 6) is -1.06. The van der Waals surface area contributed by atoms with Crippen LogP contribution in [-0.2, 0) is 26.2 Å². The van der Waals surface area contributed by atoms with E-state index in [0.717, 1.165) is 18.7 Å². The van der Waals surface area contributed by atoms with E-state index < -0.39 is 11.9 Å². The lowest BCUT2D eigenvalue weighted by Crippen LogP contribution is -2.31. The van der Waals surface area contributed by atoms with Gasteiger partial charge in [0.2, 0.25) is 0 Å². The number of hydrogen-bond donors (Lipinski definition) is 1. The van der Waals surface area contributed by atoms with Crippen LogP contribution in [0.2, 0.25) is 0 Å². The van der Waals surface area contributed by atoms with Crippen molar-refractivity contribution in [2.24, 2.45) is 5.10 Å². The molecule has 31 heavy (non-hydrogen) atoms. The first-order valence-electron chi connectivity index (χ1n) is 10.6. The number of ether oxygens (including phenoxy) is 1. The Morgan fingerprint density at radius 2 is 1.81 bits per heavy atom. The highest BCUT2D eigenvalue weighted by atomic mass is 16.5. The zero-order valence-corrected chi connectivity index (χ0v) is 18.3. The van der Waals surface area contributed by atoms with E-state index in [1.807, 2.05) is 12.1 Å². The summed E-state index contributed by atoms with van der Waals surface area (Å²) in [6, 6.07) is 18.9. The number of nitrogens with one attached hydrogen (secondary N) is 1. The van der Waals surface area contributed by atoms with Crippen LogP contribution in [0.4, 0.5) is 5.69 Å². The first kappa shape index (κ1) is 22.3. The third-order valence-corrected chi connectivity index (χ3v) is 5.47. The molecule has 0 bridgehead atoms. The van der Waals surface area contributed by atoms with Crippen LogP contribution >= 0.6 is 0 Å². The van der Waals surface area contributed by atoms with Crippen molar-refractivity contribution in [1.82, 2.24) is 5.43 Å². The van der Waals surface area contributed by atoms with Gasteiger partial charge in [0.05, 0.1) is 6.61 Å². The molecule has 1 unspecified atom stereocenters. The molecule has 0 aromatic heterocycles. The number of esters is 1. The lowest BCUT2D eigenvalue weighted by atomic mass is 9.76. The van der Waals surface area contributed by atoms with Crippen molar-refractivity contribution in [2.45, 2.75) is 39.0 Å². The SMILES string of the molecule is CCOC(=O)CC(=O)NN=CC=C1N(CC)c2ccccc2C1(C)Cc1ccccc1. The molecule has 0 saturated heterocycles. The quantitative estimate of drug-likeness (QED) is 0.304. The Kier molecular flexibility index (Phi) is 7.23. The minimum Gasteiger partial charge on any atom is -0.466 e. The van der Waals surface area contributed by atoms with E-state index in [9.17, 15) is 9.59 Å². The highest BCUT2D eigenvalue weighted by Crippen LogP contribution is 2.49. The maximum Gasteiger partial charge on any atom is 0.315 e. The van der Waals surface area contributed by atoms with Crippen LogP contribution in [-0.4, -0.2) is 31.2 Å². The van der Waals surface area contributed by atoms with Crippen LogP contribution in [0.3, 0.4) is 0 Å². The zero-order valence-electron chi connectivity index (χ0n) is 18.3. The van der Waals surface area contributed by atoms with Crippen molar-refractivity contribution in [3.05, 3.63) is 77.5 Å². The molecule has 1 aliphatic heterocycles. The molecule has 0 saturated carbocycles. The number of anilines is 1. The highest BCUT2D eigenvalue weighted by molar-refractivity contribution is 5.94. The first-order chi connectivity index (χ1) is 15.0. The molecule has 1 N–H and O–H groups in total. The van der Waals surface area contributed by atoms with Crippen molar-refractivity contribution in [3.8, 4) is 0 Å². The topological polar surface area (TPSA) is 71.0 Å². The molecule has 6 nitrogen and oxygen atoms in total. The third kappa shape index (κ3) is 5.02. The molecule has 0 radical (unpaired) electrons. The van der Waals surface area contributed by atoms with Crippen LogP contribution in [0.1, 0.15) is 38.3 Å². The summed E-state index contributed by atoms with van der Waals surface area (Å²) in [5, 5.41) is 4.02. The van der Waals surface area contributed by atoms with Crippen molar-refractivity contribution in [2.75, 3.05) is 18.1 Å². The molecular weight excluding hydrogens is 390 g/mol. The third-order valence-electron chi connectivity index (χ3n) is 5.47. The number of hydrogen-bond acceptors (Lipinski definition) is 5. The van der Waals surface area contributed by atoms with Crippen molar-refractivity contribution < 1.29 is 14.3 Å². The molecule has 1 amide bonds. The molecular formula is C25H29N3O3.